The van der Waals surface area contributed by atoms with Crippen molar-refractivity contribution in [3.05, 3.63) is 12.2 Å². The highest BCUT2D eigenvalue weighted by atomic mass is 16.7. The molecule has 2 aliphatic rings. The van der Waals surface area contributed by atoms with E-state index in [1.807, 2.05) is 6.08 Å². The van der Waals surface area contributed by atoms with Gasteiger partial charge >= 0.3 is 0 Å². The highest BCUT2D eigenvalue weighted by Gasteiger charge is 2.51. The van der Waals surface area contributed by atoms with E-state index in [2.05, 4.69) is 19.2 Å². The predicted octanol–water partition coefficient (Wildman–Crippen LogP) is 17.3. The monoisotopic (exact) mass is 1300 g/mol. The summed E-state index contributed by atoms with van der Waals surface area (Å²) in [5.74, 6) is -0.230. The summed E-state index contributed by atoms with van der Waals surface area (Å²) in [5.41, 5.74) is 0. The Balaban J connectivity index is 1.54. The zero-order chi connectivity index (χ0) is 65.9. The van der Waals surface area contributed by atoms with Crippen LogP contribution in [-0.2, 0) is 23.7 Å². The Morgan fingerprint density at radius 1 is 0.385 bits per heavy atom. The minimum Gasteiger partial charge on any atom is -0.394 e. The van der Waals surface area contributed by atoms with Gasteiger partial charge in [0, 0.05) is 6.42 Å². The zero-order valence-electron chi connectivity index (χ0n) is 59.1. The van der Waals surface area contributed by atoms with E-state index in [1.54, 1.807) is 6.08 Å². The molecule has 2 heterocycles. The van der Waals surface area contributed by atoms with Gasteiger partial charge in [0.15, 0.2) is 12.6 Å². The number of aliphatic hydroxyl groups is 8. The smallest absolute Gasteiger partial charge is 0.220 e. The van der Waals surface area contributed by atoms with Crippen LogP contribution in [0.25, 0.3) is 0 Å². The van der Waals surface area contributed by atoms with Crippen LogP contribution in [0, 0.1) is 0 Å². The molecule has 0 radical (unpaired) electrons. The van der Waals surface area contributed by atoms with Crippen molar-refractivity contribution in [3.8, 4) is 0 Å². The molecule has 91 heavy (non-hydrogen) atoms. The summed E-state index contributed by atoms with van der Waals surface area (Å²) in [6.45, 7) is 2.86. The maximum Gasteiger partial charge on any atom is 0.220 e. The van der Waals surface area contributed by atoms with Gasteiger partial charge in [0.1, 0.15) is 48.8 Å². The number of allylic oxidation sites excluding steroid dienone is 1. The lowest BCUT2D eigenvalue weighted by Gasteiger charge is -2.46. The lowest BCUT2D eigenvalue weighted by molar-refractivity contribution is -0.359. The molecule has 540 valence electrons. The number of aliphatic hydroxyl groups excluding tert-OH is 8. The van der Waals surface area contributed by atoms with Gasteiger partial charge in [-0.25, -0.2) is 0 Å². The van der Waals surface area contributed by atoms with Gasteiger partial charge in [-0.1, -0.05) is 366 Å². The van der Waals surface area contributed by atoms with E-state index in [0.29, 0.717) is 0 Å². The van der Waals surface area contributed by atoms with Crippen LogP contribution in [0.15, 0.2) is 12.2 Å². The number of unbranched alkanes of at least 4 members (excludes halogenated alkanes) is 54. The van der Waals surface area contributed by atoms with Crippen molar-refractivity contribution in [1.82, 2.24) is 5.32 Å². The summed E-state index contributed by atoms with van der Waals surface area (Å²) in [6, 6.07) is -0.911. The Kier molecular flexibility index (Phi) is 58.7. The van der Waals surface area contributed by atoms with Gasteiger partial charge in [0.2, 0.25) is 5.91 Å². The molecule has 2 aliphatic heterocycles. The van der Waals surface area contributed by atoms with E-state index in [4.69, 9.17) is 18.9 Å². The summed E-state index contributed by atoms with van der Waals surface area (Å²) in [7, 11) is 0. The van der Waals surface area contributed by atoms with Crippen LogP contribution in [-0.4, -0.2) is 140 Å². The van der Waals surface area contributed by atoms with Crippen molar-refractivity contribution in [2.45, 2.75) is 453 Å². The highest BCUT2D eigenvalue weighted by molar-refractivity contribution is 5.76. The number of rotatable bonds is 67. The molecule has 9 N–H and O–H groups in total. The third kappa shape index (κ3) is 45.8. The predicted molar refractivity (Wildman–Crippen MR) is 374 cm³/mol. The Morgan fingerprint density at radius 3 is 1.01 bits per heavy atom. The number of carbonyl (C=O) groups is 1. The van der Waals surface area contributed by atoms with Crippen LogP contribution in [0.4, 0.5) is 0 Å². The fourth-order valence-corrected chi connectivity index (χ4v) is 13.5. The Hall–Kier alpha value is -1.27. The van der Waals surface area contributed by atoms with Crippen LogP contribution in [0.3, 0.4) is 0 Å². The molecule has 2 saturated heterocycles. The molecular weight excluding hydrogens is 1150 g/mol. The number of nitrogens with one attached hydrogen (secondary N) is 1. The lowest BCUT2D eigenvalue weighted by atomic mass is 9.97. The maximum atomic E-state index is 13.3. The van der Waals surface area contributed by atoms with Gasteiger partial charge in [-0.15, -0.1) is 0 Å². The van der Waals surface area contributed by atoms with E-state index >= 15 is 0 Å². The summed E-state index contributed by atoms with van der Waals surface area (Å²) in [4.78, 5) is 13.3. The molecule has 2 fully saturated rings. The number of amides is 1. The van der Waals surface area contributed by atoms with Crippen LogP contribution >= 0.6 is 0 Å². The van der Waals surface area contributed by atoms with Crippen LogP contribution < -0.4 is 5.32 Å². The second-order valence-electron chi connectivity index (χ2n) is 28.2. The van der Waals surface area contributed by atoms with Crippen LogP contribution in [0.1, 0.15) is 380 Å². The molecule has 14 nitrogen and oxygen atoms in total. The molecule has 0 aromatic rings. The topological polar surface area (TPSA) is 228 Å². The molecule has 12 atom stereocenters. The molecule has 0 saturated carbocycles. The average molecular weight is 1300 g/mol. The van der Waals surface area contributed by atoms with Gasteiger partial charge < -0.3 is 65.1 Å². The van der Waals surface area contributed by atoms with Crippen LogP contribution in [0.2, 0.25) is 0 Å². The first-order valence-electron chi connectivity index (χ1n) is 39.4. The number of carbonyl (C=O) groups excluding carboxylic acids is 1. The fourth-order valence-electron chi connectivity index (χ4n) is 13.5. The van der Waals surface area contributed by atoms with E-state index < -0.39 is 86.8 Å². The van der Waals surface area contributed by atoms with Crippen molar-refractivity contribution < 1.29 is 64.6 Å². The molecule has 0 aromatic carbocycles. The molecule has 14 heteroatoms. The molecule has 0 spiro atoms. The molecule has 2 rings (SSSR count). The summed E-state index contributed by atoms with van der Waals surface area (Å²) in [5, 5.41) is 87.5. The first-order valence-corrected chi connectivity index (χ1v) is 39.4. The summed E-state index contributed by atoms with van der Waals surface area (Å²) < 4.78 is 22.9. The number of ether oxygens (including phenoxy) is 4. The number of hydrogen-bond donors (Lipinski definition) is 9. The van der Waals surface area contributed by atoms with Crippen molar-refractivity contribution in [2.24, 2.45) is 0 Å². The van der Waals surface area contributed by atoms with Gasteiger partial charge in [-0.2, -0.15) is 0 Å². The first-order chi connectivity index (χ1) is 44.6. The van der Waals surface area contributed by atoms with Crippen LogP contribution in [0.5, 0.6) is 0 Å². The third-order valence-electron chi connectivity index (χ3n) is 19.7. The Labute approximate surface area is 558 Å². The quantitative estimate of drug-likeness (QED) is 0.0204. The highest BCUT2D eigenvalue weighted by Crippen LogP contribution is 2.30. The SMILES string of the molecule is CCCCCCCCCCCCCCCCC/C=C/C(O)C(COC1OC(CO)C(OC2OC(CO)C(O)C(O)C2O)C(O)C1O)NC(=O)CCCCCCCCCCCCCCCCCCCCCCCCCCCCCCCCCCCCCCCCCC. The van der Waals surface area contributed by atoms with Crippen molar-refractivity contribution in [3.63, 3.8) is 0 Å². The largest absolute Gasteiger partial charge is 0.394 e. The molecule has 0 aromatic heterocycles. The van der Waals surface area contributed by atoms with Gasteiger partial charge in [-0.3, -0.25) is 4.79 Å². The molecule has 0 bridgehead atoms. The van der Waals surface area contributed by atoms with Gasteiger partial charge in [0.05, 0.1) is 32.0 Å². The van der Waals surface area contributed by atoms with Gasteiger partial charge in [-0.05, 0) is 19.3 Å². The standard InChI is InChI=1S/C77H149NO13/c1-3-5-7-9-11-13-15-17-19-21-22-23-24-25-26-27-28-29-30-31-32-33-34-35-36-37-38-39-40-41-42-43-45-47-49-51-53-55-57-59-61-69(82)78-65(66(81)60-58-56-54-52-50-48-46-44-20-18-16-14-12-10-8-6-4-2)64-88-76-74(87)72(85)75(68(63-80)90-76)91-77-73(86)71(84)70(83)67(62-79)89-77/h58,60,65-68,70-77,79-81,83-87H,3-57,59,61-64H2,1-2H3,(H,78,82)/b60-58+. The molecule has 1 amide bonds. The molecule has 12 unspecified atom stereocenters. The maximum absolute atomic E-state index is 13.3. The first kappa shape index (κ1) is 85.8. The summed E-state index contributed by atoms with van der Waals surface area (Å²) >= 11 is 0. The normalized spacial score (nSPS) is 22.7. The molecular formula is C77H149NO13. The van der Waals surface area contributed by atoms with Crippen molar-refractivity contribution >= 4 is 5.91 Å². The van der Waals surface area contributed by atoms with E-state index in [9.17, 15) is 45.6 Å². The van der Waals surface area contributed by atoms with Crippen molar-refractivity contribution in [2.75, 3.05) is 19.8 Å². The summed E-state index contributed by atoms with van der Waals surface area (Å²) in [6.07, 6.45) is 61.8. The lowest BCUT2D eigenvalue weighted by Crippen LogP contribution is -2.65. The molecule has 0 aliphatic carbocycles. The Bertz CT molecular complexity index is 1570. The third-order valence-corrected chi connectivity index (χ3v) is 19.7. The minimum atomic E-state index is -1.79. The minimum absolute atomic E-state index is 0.230. The van der Waals surface area contributed by atoms with E-state index in [0.717, 1.165) is 44.9 Å². The van der Waals surface area contributed by atoms with Gasteiger partial charge in [0.25, 0.3) is 0 Å². The zero-order valence-corrected chi connectivity index (χ0v) is 59.1. The van der Waals surface area contributed by atoms with Crippen molar-refractivity contribution in [1.29, 1.82) is 0 Å². The van der Waals surface area contributed by atoms with E-state index in [-0.39, 0.29) is 18.9 Å². The second-order valence-corrected chi connectivity index (χ2v) is 28.2. The second kappa shape index (κ2) is 62.3. The number of hydrogen-bond acceptors (Lipinski definition) is 13. The average Bonchev–Trinajstić information content (AvgIpc) is 1.08. The fraction of sp³-hybridized carbons (Fsp3) is 0.961. The Morgan fingerprint density at radius 2 is 0.681 bits per heavy atom. The van der Waals surface area contributed by atoms with E-state index in [1.165, 1.54) is 315 Å².